The summed E-state index contributed by atoms with van der Waals surface area (Å²) in [6.45, 7) is 8.59. The molecule has 0 N–H and O–H groups in total. The molecule has 0 fully saturated rings. The molecule has 0 spiro atoms. The maximum atomic E-state index is 2.33. The van der Waals surface area contributed by atoms with Gasteiger partial charge in [-0.2, -0.15) is 0 Å². The molecule has 1 aliphatic rings. The van der Waals surface area contributed by atoms with E-state index in [1.165, 1.54) is 57.8 Å². The Hall–Kier alpha value is -1.04. The molecule has 0 atom stereocenters. The van der Waals surface area contributed by atoms with E-state index in [1.54, 1.807) is 22.3 Å². The van der Waals surface area contributed by atoms with Crippen LogP contribution in [0.1, 0.15) is 90.2 Å². The normalized spacial score (nSPS) is 13.0. The molecule has 118 valence electrons. The van der Waals surface area contributed by atoms with E-state index in [4.69, 9.17) is 0 Å². The van der Waals surface area contributed by atoms with Crippen molar-refractivity contribution in [3.8, 4) is 0 Å². The second-order valence-electron chi connectivity index (χ2n) is 5.83. The third kappa shape index (κ3) is 5.34. The van der Waals surface area contributed by atoms with Gasteiger partial charge in [-0.15, -0.1) is 0 Å². The van der Waals surface area contributed by atoms with Gasteiger partial charge in [0.05, 0.1) is 0 Å². The Kier molecular flexibility index (Phi) is 9.14. The summed E-state index contributed by atoms with van der Waals surface area (Å²) in [5.74, 6) is 0. The van der Waals surface area contributed by atoms with E-state index in [0.29, 0.717) is 0 Å². The highest BCUT2D eigenvalue weighted by Crippen LogP contribution is 2.37. The topological polar surface area (TPSA) is 0 Å². The number of allylic oxidation sites excluding steroid dienone is 2. The highest BCUT2D eigenvalue weighted by Gasteiger charge is 2.19. The van der Waals surface area contributed by atoms with Gasteiger partial charge in [0.25, 0.3) is 0 Å². The van der Waals surface area contributed by atoms with Crippen molar-refractivity contribution in [1.29, 1.82) is 0 Å². The number of hydrogen-bond donors (Lipinski definition) is 0. The Bertz CT molecular complexity index is 425. The third-order valence-corrected chi connectivity index (χ3v) is 4.26. The van der Waals surface area contributed by atoms with Crippen molar-refractivity contribution in [2.75, 3.05) is 0 Å². The summed E-state index contributed by atoms with van der Waals surface area (Å²) in [5.41, 5.74) is 6.53. The zero-order chi connectivity index (χ0) is 15.5. The molecule has 0 unspecified atom stereocenters. The molecular formula is C21H34. The van der Waals surface area contributed by atoms with Gasteiger partial charge in [-0.1, -0.05) is 89.6 Å². The lowest BCUT2D eigenvalue weighted by Crippen LogP contribution is -1.87. The molecular weight excluding hydrogens is 252 g/mol. The molecule has 2 rings (SSSR count). The van der Waals surface area contributed by atoms with Crippen LogP contribution in [0.3, 0.4) is 0 Å². The van der Waals surface area contributed by atoms with Crippen molar-refractivity contribution in [1.82, 2.24) is 0 Å². The quantitative estimate of drug-likeness (QED) is 0.444. The van der Waals surface area contributed by atoms with Crippen LogP contribution in [0.2, 0.25) is 0 Å². The maximum absolute atomic E-state index is 2.33. The zero-order valence-electron chi connectivity index (χ0n) is 14.7. The summed E-state index contributed by atoms with van der Waals surface area (Å²) in [4.78, 5) is 0. The van der Waals surface area contributed by atoms with Gasteiger partial charge in [0.1, 0.15) is 0 Å². The number of benzene rings is 1. The van der Waals surface area contributed by atoms with Crippen LogP contribution in [0, 0.1) is 0 Å². The predicted octanol–water partition coefficient (Wildman–Crippen LogP) is 7.18. The SMILES string of the molecule is CC.CCCCCCCC1=C(CCC)Cc2ccccc21. The van der Waals surface area contributed by atoms with Gasteiger partial charge in [-0.25, -0.2) is 0 Å². The van der Waals surface area contributed by atoms with Crippen LogP contribution in [0.5, 0.6) is 0 Å². The van der Waals surface area contributed by atoms with E-state index in [2.05, 4.69) is 38.1 Å². The first-order valence-corrected chi connectivity index (χ1v) is 9.16. The minimum absolute atomic E-state index is 1.22. The van der Waals surface area contributed by atoms with Gasteiger partial charge in [0, 0.05) is 0 Å². The van der Waals surface area contributed by atoms with Crippen LogP contribution in [-0.2, 0) is 6.42 Å². The summed E-state index contributed by atoms with van der Waals surface area (Å²) < 4.78 is 0. The monoisotopic (exact) mass is 286 g/mol. The highest BCUT2D eigenvalue weighted by atomic mass is 14.2. The van der Waals surface area contributed by atoms with E-state index in [0.717, 1.165) is 0 Å². The van der Waals surface area contributed by atoms with Crippen molar-refractivity contribution >= 4 is 5.57 Å². The number of unbranched alkanes of at least 4 members (excludes halogenated alkanes) is 4. The Balaban J connectivity index is 0.00000106. The second kappa shape index (κ2) is 10.7. The largest absolute Gasteiger partial charge is 0.0683 e. The highest BCUT2D eigenvalue weighted by molar-refractivity contribution is 5.76. The van der Waals surface area contributed by atoms with Gasteiger partial charge in [-0.05, 0) is 42.4 Å². The summed E-state index contributed by atoms with van der Waals surface area (Å²) >= 11 is 0. The third-order valence-electron chi connectivity index (χ3n) is 4.26. The van der Waals surface area contributed by atoms with Crippen molar-refractivity contribution in [3.05, 3.63) is 41.0 Å². The van der Waals surface area contributed by atoms with E-state index in [9.17, 15) is 0 Å². The van der Waals surface area contributed by atoms with Crippen LogP contribution in [0.4, 0.5) is 0 Å². The molecule has 0 amide bonds. The number of rotatable bonds is 8. The first-order valence-electron chi connectivity index (χ1n) is 9.16. The lowest BCUT2D eigenvalue weighted by molar-refractivity contribution is 0.639. The smallest absolute Gasteiger partial charge is 0.00550 e. The Morgan fingerprint density at radius 3 is 2.24 bits per heavy atom. The minimum atomic E-state index is 1.22. The van der Waals surface area contributed by atoms with E-state index in [1.807, 2.05) is 13.8 Å². The number of hydrogen-bond acceptors (Lipinski definition) is 0. The van der Waals surface area contributed by atoms with Crippen LogP contribution in [-0.4, -0.2) is 0 Å². The minimum Gasteiger partial charge on any atom is -0.0683 e. The summed E-state index contributed by atoms with van der Waals surface area (Å²) in [7, 11) is 0. The molecule has 1 aromatic carbocycles. The molecule has 21 heavy (non-hydrogen) atoms. The molecule has 1 aromatic rings. The van der Waals surface area contributed by atoms with E-state index in [-0.39, 0.29) is 0 Å². The molecule has 0 heteroatoms. The predicted molar refractivity (Wildman–Crippen MR) is 96.7 cm³/mol. The lowest BCUT2D eigenvalue weighted by Gasteiger charge is -2.08. The first-order chi connectivity index (χ1) is 10.4. The fraction of sp³-hybridized carbons (Fsp3) is 0.619. The fourth-order valence-electron chi connectivity index (χ4n) is 3.25. The van der Waals surface area contributed by atoms with Gasteiger partial charge in [0.2, 0.25) is 0 Å². The van der Waals surface area contributed by atoms with Crippen molar-refractivity contribution in [2.24, 2.45) is 0 Å². The molecule has 0 bridgehead atoms. The fourth-order valence-corrected chi connectivity index (χ4v) is 3.25. The Labute approximate surface area is 132 Å². The van der Waals surface area contributed by atoms with E-state index >= 15 is 0 Å². The zero-order valence-corrected chi connectivity index (χ0v) is 14.7. The molecule has 0 heterocycles. The Morgan fingerprint density at radius 1 is 0.810 bits per heavy atom. The van der Waals surface area contributed by atoms with Crippen molar-refractivity contribution in [2.45, 2.75) is 85.5 Å². The van der Waals surface area contributed by atoms with Crippen LogP contribution >= 0.6 is 0 Å². The lowest BCUT2D eigenvalue weighted by atomic mass is 9.97. The summed E-state index contributed by atoms with van der Waals surface area (Å²) in [6, 6.07) is 9.03. The average Bonchev–Trinajstić information content (AvgIpc) is 2.87. The molecule has 0 aliphatic heterocycles. The second-order valence-corrected chi connectivity index (χ2v) is 5.83. The Morgan fingerprint density at radius 2 is 1.52 bits per heavy atom. The molecule has 1 aliphatic carbocycles. The summed E-state index contributed by atoms with van der Waals surface area (Å²) in [5, 5.41) is 0. The maximum Gasteiger partial charge on any atom is -0.00550 e. The van der Waals surface area contributed by atoms with Gasteiger partial charge in [0.15, 0.2) is 0 Å². The van der Waals surface area contributed by atoms with Gasteiger partial charge >= 0.3 is 0 Å². The molecule has 0 aromatic heterocycles. The van der Waals surface area contributed by atoms with Gasteiger partial charge < -0.3 is 0 Å². The summed E-state index contributed by atoms with van der Waals surface area (Å²) in [6.07, 6.45) is 12.0. The van der Waals surface area contributed by atoms with Crippen molar-refractivity contribution < 1.29 is 0 Å². The van der Waals surface area contributed by atoms with Crippen molar-refractivity contribution in [3.63, 3.8) is 0 Å². The van der Waals surface area contributed by atoms with Crippen LogP contribution < -0.4 is 0 Å². The van der Waals surface area contributed by atoms with Crippen LogP contribution in [0.15, 0.2) is 29.8 Å². The first kappa shape index (κ1) is 18.0. The molecule has 0 radical (unpaired) electrons. The average molecular weight is 287 g/mol. The van der Waals surface area contributed by atoms with E-state index < -0.39 is 0 Å². The molecule has 0 saturated carbocycles. The molecule has 0 saturated heterocycles. The molecule has 0 nitrogen and oxygen atoms in total. The van der Waals surface area contributed by atoms with Crippen LogP contribution in [0.25, 0.3) is 5.57 Å². The van der Waals surface area contributed by atoms with Gasteiger partial charge in [-0.3, -0.25) is 0 Å². The standard InChI is InChI=1S/C19H28.C2H6/c1-3-5-6-7-8-13-18-16(11-4-2)15-17-12-9-10-14-19(17)18;1-2/h9-10,12,14H,3-8,11,13,15H2,1-2H3;1-2H3. The number of fused-ring (bicyclic) bond motifs is 1.